The van der Waals surface area contributed by atoms with Crippen molar-refractivity contribution in [2.45, 2.75) is 82.9 Å². The van der Waals surface area contributed by atoms with Crippen molar-refractivity contribution >= 4 is 5.78 Å². The summed E-state index contributed by atoms with van der Waals surface area (Å²) >= 11 is 0. The van der Waals surface area contributed by atoms with Crippen molar-refractivity contribution in [2.24, 2.45) is 5.41 Å². The minimum absolute atomic E-state index is 0.166. The van der Waals surface area contributed by atoms with Crippen LogP contribution in [0.5, 0.6) is 0 Å². The molecule has 0 aromatic heterocycles. The normalized spacial score (nSPS) is 41.7. The molecule has 2 rings (SSSR count). The molecule has 27 heavy (non-hydrogen) atoms. The van der Waals surface area contributed by atoms with Crippen LogP contribution in [0.25, 0.3) is 0 Å². The number of ether oxygens (including phenoxy) is 2. The number of hydrogen-bond acceptors (Lipinski definition) is 8. The first-order chi connectivity index (χ1) is 12.4. The topological polar surface area (TPSA) is 137 Å². The summed E-state index contributed by atoms with van der Waals surface area (Å²) in [5, 5.41) is 49.8. The molecule has 5 N–H and O–H groups in total. The molecule has 1 saturated heterocycles. The Morgan fingerprint density at radius 1 is 1.19 bits per heavy atom. The Bertz CT molecular complexity index is 621. The standard InChI is InChI=1S/C19H30O8/c1-10(21)5-6-13-18(2,3)7-11(22)8-19(13,4)27-17-16(25)15(24)14(23)12(9-20)26-17/h5,11-12,14-17,20,22-25H,7-9H2,1-4H3/t6?,11-,12+,14+,15+,16+,17-,19+/m0/s1. The minimum atomic E-state index is -1.56. The molecule has 0 aromatic rings. The molecule has 2 aliphatic rings. The van der Waals surface area contributed by atoms with Crippen LogP contribution in [0.3, 0.4) is 0 Å². The van der Waals surface area contributed by atoms with Gasteiger partial charge in [0.05, 0.1) is 18.3 Å². The van der Waals surface area contributed by atoms with Gasteiger partial charge >= 0.3 is 0 Å². The van der Waals surface area contributed by atoms with Gasteiger partial charge in [-0.05, 0) is 25.7 Å². The van der Waals surface area contributed by atoms with Crippen LogP contribution in [0.2, 0.25) is 0 Å². The minimum Gasteiger partial charge on any atom is -0.394 e. The molecule has 0 radical (unpaired) electrons. The van der Waals surface area contributed by atoms with E-state index in [-0.39, 0.29) is 12.2 Å². The van der Waals surface area contributed by atoms with E-state index >= 15 is 0 Å². The Labute approximate surface area is 158 Å². The number of aliphatic hydroxyl groups is 5. The highest BCUT2D eigenvalue weighted by Crippen LogP contribution is 2.48. The van der Waals surface area contributed by atoms with Crippen LogP contribution in [0, 0.1) is 5.41 Å². The van der Waals surface area contributed by atoms with Crippen molar-refractivity contribution in [1.82, 2.24) is 0 Å². The van der Waals surface area contributed by atoms with Crippen LogP contribution in [0.4, 0.5) is 0 Å². The fourth-order valence-corrected chi connectivity index (χ4v) is 4.08. The van der Waals surface area contributed by atoms with Gasteiger partial charge in [-0.2, -0.15) is 0 Å². The Balaban J connectivity index is 2.40. The first-order valence-electron chi connectivity index (χ1n) is 9.06. The molecule has 1 aliphatic carbocycles. The number of ketones is 1. The number of hydrogen-bond donors (Lipinski definition) is 5. The van der Waals surface area contributed by atoms with E-state index in [0.29, 0.717) is 12.0 Å². The smallest absolute Gasteiger partial charge is 0.187 e. The van der Waals surface area contributed by atoms with E-state index < -0.39 is 54.4 Å². The monoisotopic (exact) mass is 386 g/mol. The lowest BCUT2D eigenvalue weighted by molar-refractivity contribution is -0.325. The molecular weight excluding hydrogens is 356 g/mol. The quantitative estimate of drug-likeness (QED) is 0.320. The summed E-state index contributed by atoms with van der Waals surface area (Å²) in [6.07, 6.45) is -5.85. The van der Waals surface area contributed by atoms with Gasteiger partial charge in [0.2, 0.25) is 0 Å². The van der Waals surface area contributed by atoms with Crippen LogP contribution in [0.15, 0.2) is 17.4 Å². The summed E-state index contributed by atoms with van der Waals surface area (Å²) in [7, 11) is 0. The van der Waals surface area contributed by atoms with Crippen molar-refractivity contribution in [2.75, 3.05) is 6.61 Å². The molecule has 0 amide bonds. The van der Waals surface area contributed by atoms with Crippen LogP contribution >= 0.6 is 0 Å². The highest BCUT2D eigenvalue weighted by atomic mass is 16.7. The fraction of sp³-hybridized carbons (Fsp3) is 0.789. The molecule has 1 heterocycles. The highest BCUT2D eigenvalue weighted by Gasteiger charge is 2.51. The second-order valence-corrected chi connectivity index (χ2v) is 8.27. The maximum atomic E-state index is 11.4. The molecule has 154 valence electrons. The number of aliphatic hydroxyl groups excluding tert-OH is 5. The van der Waals surface area contributed by atoms with Gasteiger partial charge in [0.25, 0.3) is 0 Å². The van der Waals surface area contributed by atoms with E-state index in [9.17, 15) is 30.3 Å². The summed E-state index contributed by atoms with van der Waals surface area (Å²) < 4.78 is 11.4. The molecule has 1 saturated carbocycles. The lowest BCUT2D eigenvalue weighted by Gasteiger charge is -2.49. The van der Waals surface area contributed by atoms with Crippen molar-refractivity contribution in [3.05, 3.63) is 17.4 Å². The first-order valence-corrected chi connectivity index (χ1v) is 9.06. The number of carbonyl (C=O) groups excluding carboxylic acids is 1. The van der Waals surface area contributed by atoms with Crippen LogP contribution in [-0.4, -0.2) is 80.3 Å². The van der Waals surface area contributed by atoms with E-state index in [2.05, 4.69) is 5.73 Å². The Morgan fingerprint density at radius 3 is 2.37 bits per heavy atom. The van der Waals surface area contributed by atoms with Crippen molar-refractivity contribution in [1.29, 1.82) is 0 Å². The summed E-state index contributed by atoms with van der Waals surface area (Å²) in [5.41, 5.74) is 1.90. The summed E-state index contributed by atoms with van der Waals surface area (Å²) in [6.45, 7) is 6.30. The largest absolute Gasteiger partial charge is 0.394 e. The molecule has 8 heteroatoms. The zero-order valence-electron chi connectivity index (χ0n) is 16.1. The third-order valence-electron chi connectivity index (χ3n) is 5.22. The van der Waals surface area contributed by atoms with E-state index in [1.807, 2.05) is 13.8 Å². The predicted molar refractivity (Wildman–Crippen MR) is 94.6 cm³/mol. The molecule has 0 unspecified atom stereocenters. The zero-order chi connectivity index (χ0) is 20.6. The van der Waals surface area contributed by atoms with Gasteiger partial charge in [0, 0.05) is 18.1 Å². The summed E-state index contributed by atoms with van der Waals surface area (Å²) in [4.78, 5) is 11.4. The van der Waals surface area contributed by atoms with Gasteiger partial charge in [-0.3, -0.25) is 4.79 Å². The average Bonchev–Trinajstić information content (AvgIpc) is 2.53. The van der Waals surface area contributed by atoms with Crippen molar-refractivity contribution in [3.8, 4) is 0 Å². The summed E-state index contributed by atoms with van der Waals surface area (Å²) in [5.74, 6) is -0.195. The lowest BCUT2D eigenvalue weighted by atomic mass is 9.65. The van der Waals surface area contributed by atoms with Gasteiger partial charge in [-0.25, -0.2) is 0 Å². The highest BCUT2D eigenvalue weighted by molar-refractivity contribution is 5.87. The molecule has 8 nitrogen and oxygen atoms in total. The van der Waals surface area contributed by atoms with E-state index in [0.717, 1.165) is 0 Å². The van der Waals surface area contributed by atoms with Crippen molar-refractivity contribution in [3.63, 3.8) is 0 Å². The van der Waals surface area contributed by atoms with Crippen LogP contribution < -0.4 is 0 Å². The van der Waals surface area contributed by atoms with E-state index in [1.54, 1.807) is 6.92 Å². The third-order valence-corrected chi connectivity index (χ3v) is 5.22. The van der Waals surface area contributed by atoms with E-state index in [4.69, 9.17) is 9.47 Å². The second-order valence-electron chi connectivity index (χ2n) is 8.27. The number of rotatable bonds is 4. The Morgan fingerprint density at radius 2 is 1.81 bits per heavy atom. The van der Waals surface area contributed by atoms with Gasteiger partial charge in [-0.1, -0.05) is 13.8 Å². The molecule has 7 atom stereocenters. The first kappa shape index (κ1) is 22.2. The Hall–Kier alpha value is -1.09. The number of carbonyl (C=O) groups is 1. The molecule has 2 fully saturated rings. The fourth-order valence-electron chi connectivity index (χ4n) is 4.08. The van der Waals surface area contributed by atoms with Crippen molar-refractivity contribution < 1.29 is 39.8 Å². The zero-order valence-corrected chi connectivity index (χ0v) is 16.1. The van der Waals surface area contributed by atoms with Crippen LogP contribution in [-0.2, 0) is 14.3 Å². The maximum Gasteiger partial charge on any atom is 0.187 e. The van der Waals surface area contributed by atoms with Gasteiger partial charge < -0.3 is 35.0 Å². The second kappa shape index (κ2) is 8.11. The van der Waals surface area contributed by atoms with Gasteiger partial charge in [-0.15, -0.1) is 5.73 Å². The SMILES string of the molecule is CC(=O)C=C=C1C(C)(C)C[C@H](O)C[C@@]1(C)O[C@@H]1O[C@H](CO)[C@@H](O)[C@@H](O)[C@H]1O. The molecule has 0 bridgehead atoms. The Kier molecular flexibility index (Phi) is 6.67. The van der Waals surface area contributed by atoms with Gasteiger partial charge in [0.15, 0.2) is 12.1 Å². The average molecular weight is 386 g/mol. The third kappa shape index (κ3) is 4.67. The predicted octanol–water partition coefficient (Wildman–Crippen LogP) is -0.587. The molecule has 0 aromatic carbocycles. The maximum absolute atomic E-state index is 11.4. The lowest BCUT2D eigenvalue weighted by Crippen LogP contribution is -2.61. The summed E-state index contributed by atoms with van der Waals surface area (Å²) in [6, 6.07) is 0. The molecule has 0 spiro atoms. The molecular formula is C19H30O8. The van der Waals surface area contributed by atoms with Crippen LogP contribution in [0.1, 0.15) is 40.5 Å². The molecule has 1 aliphatic heterocycles. The van der Waals surface area contributed by atoms with E-state index in [1.165, 1.54) is 13.0 Å². The van der Waals surface area contributed by atoms with Gasteiger partial charge in [0.1, 0.15) is 24.4 Å².